The van der Waals surface area contributed by atoms with Crippen molar-refractivity contribution in [2.24, 2.45) is 5.73 Å². The fourth-order valence-electron chi connectivity index (χ4n) is 2.05. The SMILES string of the molecule is COc1ccc(CC(CN)c2ccccn2)cc1Br. The summed E-state index contributed by atoms with van der Waals surface area (Å²) in [5.41, 5.74) is 8.13. The standard InChI is InChI=1S/C15H17BrN2O/c1-19-15-6-5-11(9-13(15)16)8-12(10-17)14-4-2-3-7-18-14/h2-7,9,12H,8,10,17H2,1H3. The average Bonchev–Trinajstić information content (AvgIpc) is 2.46. The average molecular weight is 321 g/mol. The quantitative estimate of drug-likeness (QED) is 0.920. The molecule has 0 fully saturated rings. The molecule has 100 valence electrons. The number of benzene rings is 1. The molecule has 0 radical (unpaired) electrons. The first-order valence-corrected chi connectivity index (χ1v) is 6.97. The number of methoxy groups -OCH3 is 1. The molecule has 0 saturated heterocycles. The summed E-state index contributed by atoms with van der Waals surface area (Å²) in [6.45, 7) is 0.584. The van der Waals surface area contributed by atoms with Crippen LogP contribution in [0.5, 0.6) is 5.75 Å². The summed E-state index contributed by atoms with van der Waals surface area (Å²) in [4.78, 5) is 4.39. The number of halogens is 1. The zero-order chi connectivity index (χ0) is 13.7. The molecular weight excluding hydrogens is 304 g/mol. The molecule has 2 rings (SSSR count). The predicted octanol–water partition coefficient (Wildman–Crippen LogP) is 3.14. The van der Waals surface area contributed by atoms with Crippen LogP contribution in [0.15, 0.2) is 47.1 Å². The summed E-state index contributed by atoms with van der Waals surface area (Å²) in [5.74, 6) is 1.08. The van der Waals surface area contributed by atoms with Crippen LogP contribution in [0.3, 0.4) is 0 Å². The molecule has 0 aliphatic carbocycles. The van der Waals surface area contributed by atoms with Gasteiger partial charge in [0.25, 0.3) is 0 Å². The summed E-state index contributed by atoms with van der Waals surface area (Å²) >= 11 is 3.50. The minimum absolute atomic E-state index is 0.237. The molecule has 0 amide bonds. The van der Waals surface area contributed by atoms with E-state index in [0.29, 0.717) is 6.54 Å². The van der Waals surface area contributed by atoms with Gasteiger partial charge in [0.1, 0.15) is 5.75 Å². The Labute approximate surface area is 121 Å². The van der Waals surface area contributed by atoms with Crippen LogP contribution in [0.4, 0.5) is 0 Å². The number of hydrogen-bond acceptors (Lipinski definition) is 3. The van der Waals surface area contributed by atoms with Crippen LogP contribution in [0.1, 0.15) is 17.2 Å². The van der Waals surface area contributed by atoms with E-state index in [4.69, 9.17) is 10.5 Å². The third-order valence-corrected chi connectivity index (χ3v) is 3.71. The topological polar surface area (TPSA) is 48.1 Å². The van der Waals surface area contributed by atoms with Gasteiger partial charge in [0.15, 0.2) is 0 Å². The Balaban J connectivity index is 2.17. The van der Waals surface area contributed by atoms with Crippen molar-refractivity contribution in [3.8, 4) is 5.75 Å². The maximum Gasteiger partial charge on any atom is 0.133 e. The second kappa shape index (κ2) is 6.68. The Morgan fingerprint density at radius 2 is 2.16 bits per heavy atom. The Hall–Kier alpha value is -1.39. The van der Waals surface area contributed by atoms with Gasteiger partial charge in [-0.2, -0.15) is 0 Å². The molecular formula is C15H17BrN2O. The first-order chi connectivity index (χ1) is 9.24. The summed E-state index contributed by atoms with van der Waals surface area (Å²) < 4.78 is 6.19. The Bertz CT molecular complexity index is 531. The van der Waals surface area contributed by atoms with Crippen LogP contribution in [-0.2, 0) is 6.42 Å². The van der Waals surface area contributed by atoms with E-state index < -0.39 is 0 Å². The second-order valence-electron chi connectivity index (χ2n) is 4.36. The molecule has 2 N–H and O–H groups in total. The highest BCUT2D eigenvalue weighted by molar-refractivity contribution is 9.10. The third-order valence-electron chi connectivity index (χ3n) is 3.09. The van der Waals surface area contributed by atoms with Gasteiger partial charge in [0.05, 0.1) is 11.6 Å². The van der Waals surface area contributed by atoms with Gasteiger partial charge in [-0.1, -0.05) is 12.1 Å². The molecule has 0 saturated carbocycles. The molecule has 3 nitrogen and oxygen atoms in total. The molecule has 2 aromatic rings. The van der Waals surface area contributed by atoms with Gasteiger partial charge in [-0.15, -0.1) is 0 Å². The molecule has 1 aromatic heterocycles. The molecule has 1 aromatic carbocycles. The highest BCUT2D eigenvalue weighted by Gasteiger charge is 2.12. The normalized spacial score (nSPS) is 12.2. The van der Waals surface area contributed by atoms with Crippen molar-refractivity contribution in [1.82, 2.24) is 4.98 Å². The van der Waals surface area contributed by atoms with Crippen molar-refractivity contribution >= 4 is 15.9 Å². The number of nitrogens with two attached hydrogens (primary N) is 1. The van der Waals surface area contributed by atoms with Gasteiger partial charge >= 0.3 is 0 Å². The summed E-state index contributed by atoms with van der Waals surface area (Å²) in [7, 11) is 1.66. The minimum Gasteiger partial charge on any atom is -0.496 e. The van der Waals surface area contributed by atoms with E-state index in [2.05, 4.69) is 33.0 Å². The van der Waals surface area contributed by atoms with Crippen molar-refractivity contribution in [3.05, 3.63) is 58.3 Å². The lowest BCUT2D eigenvalue weighted by Crippen LogP contribution is -2.16. The predicted molar refractivity (Wildman–Crippen MR) is 80.4 cm³/mol. The molecule has 1 unspecified atom stereocenters. The molecule has 4 heteroatoms. The fourth-order valence-corrected chi connectivity index (χ4v) is 2.64. The van der Waals surface area contributed by atoms with Crippen molar-refractivity contribution < 1.29 is 4.74 Å². The van der Waals surface area contributed by atoms with E-state index in [0.717, 1.165) is 22.3 Å². The van der Waals surface area contributed by atoms with Crippen molar-refractivity contribution in [2.45, 2.75) is 12.3 Å². The number of nitrogens with zero attached hydrogens (tertiary/aromatic N) is 1. The number of ether oxygens (including phenoxy) is 1. The van der Waals surface area contributed by atoms with Crippen LogP contribution < -0.4 is 10.5 Å². The Morgan fingerprint density at radius 1 is 1.32 bits per heavy atom. The minimum atomic E-state index is 0.237. The summed E-state index contributed by atoms with van der Waals surface area (Å²) in [6, 6.07) is 12.0. The van der Waals surface area contributed by atoms with E-state index in [-0.39, 0.29) is 5.92 Å². The van der Waals surface area contributed by atoms with E-state index in [1.54, 1.807) is 7.11 Å². The molecule has 0 spiro atoms. The van der Waals surface area contributed by atoms with Crippen LogP contribution >= 0.6 is 15.9 Å². The third kappa shape index (κ3) is 3.55. The first-order valence-electron chi connectivity index (χ1n) is 6.18. The van der Waals surface area contributed by atoms with Gasteiger partial charge in [-0.05, 0) is 52.2 Å². The lowest BCUT2D eigenvalue weighted by atomic mass is 9.96. The lowest BCUT2D eigenvalue weighted by Gasteiger charge is -2.15. The van der Waals surface area contributed by atoms with Gasteiger partial charge in [-0.25, -0.2) is 0 Å². The molecule has 0 aliphatic rings. The zero-order valence-electron chi connectivity index (χ0n) is 10.8. The monoisotopic (exact) mass is 320 g/mol. The van der Waals surface area contributed by atoms with E-state index in [1.165, 1.54) is 5.56 Å². The first kappa shape index (κ1) is 14.0. The molecule has 1 heterocycles. The number of hydrogen-bond donors (Lipinski definition) is 1. The summed E-state index contributed by atoms with van der Waals surface area (Å²) in [6.07, 6.45) is 2.68. The van der Waals surface area contributed by atoms with Crippen LogP contribution in [0.2, 0.25) is 0 Å². The zero-order valence-corrected chi connectivity index (χ0v) is 12.4. The molecule has 19 heavy (non-hydrogen) atoms. The van der Waals surface area contributed by atoms with Crippen molar-refractivity contribution in [3.63, 3.8) is 0 Å². The van der Waals surface area contributed by atoms with Gasteiger partial charge in [-0.3, -0.25) is 4.98 Å². The Morgan fingerprint density at radius 3 is 2.74 bits per heavy atom. The largest absolute Gasteiger partial charge is 0.496 e. The van der Waals surface area contributed by atoms with Gasteiger partial charge < -0.3 is 10.5 Å². The molecule has 1 atom stereocenters. The van der Waals surface area contributed by atoms with Crippen molar-refractivity contribution in [1.29, 1.82) is 0 Å². The highest BCUT2D eigenvalue weighted by atomic mass is 79.9. The Kier molecular flexibility index (Phi) is 4.93. The smallest absolute Gasteiger partial charge is 0.133 e. The lowest BCUT2D eigenvalue weighted by molar-refractivity contribution is 0.412. The fraction of sp³-hybridized carbons (Fsp3) is 0.267. The maximum atomic E-state index is 5.87. The number of pyridine rings is 1. The summed E-state index contributed by atoms with van der Waals surface area (Å²) in [5, 5.41) is 0. The maximum absolute atomic E-state index is 5.87. The van der Waals surface area contributed by atoms with Gasteiger partial charge in [0, 0.05) is 24.4 Å². The second-order valence-corrected chi connectivity index (χ2v) is 5.21. The number of rotatable bonds is 5. The van der Waals surface area contributed by atoms with Gasteiger partial charge in [0.2, 0.25) is 0 Å². The van der Waals surface area contributed by atoms with E-state index in [1.807, 2.05) is 30.5 Å². The van der Waals surface area contributed by atoms with E-state index >= 15 is 0 Å². The van der Waals surface area contributed by atoms with Crippen LogP contribution in [-0.4, -0.2) is 18.6 Å². The van der Waals surface area contributed by atoms with E-state index in [9.17, 15) is 0 Å². The van der Waals surface area contributed by atoms with Crippen LogP contribution in [0, 0.1) is 0 Å². The van der Waals surface area contributed by atoms with Crippen LogP contribution in [0.25, 0.3) is 0 Å². The highest BCUT2D eigenvalue weighted by Crippen LogP contribution is 2.27. The number of aromatic nitrogens is 1. The molecule has 0 aliphatic heterocycles. The molecule has 0 bridgehead atoms. The van der Waals surface area contributed by atoms with Crippen molar-refractivity contribution in [2.75, 3.05) is 13.7 Å².